The molecule has 0 aliphatic heterocycles. The molecule has 84 valence electrons. The summed E-state index contributed by atoms with van der Waals surface area (Å²) in [7, 11) is 0. The summed E-state index contributed by atoms with van der Waals surface area (Å²) in [5.74, 6) is 1.36. The van der Waals surface area contributed by atoms with Crippen LogP contribution in [0.1, 0.15) is 19.4 Å². The summed E-state index contributed by atoms with van der Waals surface area (Å²) in [5, 5.41) is 3.34. The maximum absolute atomic E-state index is 5.70. The maximum Gasteiger partial charge on any atom is 0.140 e. The first-order valence-electron chi connectivity index (χ1n) is 5.13. The first kappa shape index (κ1) is 12.5. The van der Waals surface area contributed by atoms with Gasteiger partial charge in [0.2, 0.25) is 0 Å². The Morgan fingerprint density at radius 2 is 2.20 bits per heavy atom. The average Bonchev–Trinajstić information content (AvgIpc) is 2.16. The molecule has 1 atom stereocenters. The summed E-state index contributed by atoms with van der Waals surface area (Å²) in [5.41, 5.74) is 6.84. The van der Waals surface area contributed by atoms with E-state index in [4.69, 9.17) is 5.73 Å². The summed E-state index contributed by atoms with van der Waals surface area (Å²) in [6, 6.07) is 2.31. The highest BCUT2D eigenvalue weighted by Gasteiger charge is 2.12. The first-order valence-corrected chi connectivity index (χ1v) is 5.92. The van der Waals surface area contributed by atoms with Crippen LogP contribution < -0.4 is 11.1 Å². The van der Waals surface area contributed by atoms with E-state index in [1.807, 2.05) is 19.2 Å². The van der Waals surface area contributed by atoms with E-state index in [2.05, 4.69) is 40.1 Å². The number of aryl methyl sites for hydroxylation is 1. The molecular formula is C11H18BrN3. The molecule has 0 fully saturated rings. The molecule has 1 aromatic heterocycles. The zero-order valence-corrected chi connectivity index (χ0v) is 11.0. The Balaban J connectivity index is 2.79. The van der Waals surface area contributed by atoms with Crippen molar-refractivity contribution in [1.29, 1.82) is 0 Å². The third-order valence-corrected chi connectivity index (χ3v) is 2.96. The standard InChI is InChI=1S/C11H18BrN3/c1-7(2)10(5-13)15-11-9(12)4-8(3)6-14-11/h4,6-7,10H,5,13H2,1-3H3,(H,14,15). The summed E-state index contributed by atoms with van der Waals surface area (Å²) < 4.78 is 0.988. The van der Waals surface area contributed by atoms with E-state index < -0.39 is 0 Å². The number of nitrogens with two attached hydrogens (primary N) is 1. The van der Waals surface area contributed by atoms with E-state index in [0.29, 0.717) is 12.5 Å². The SMILES string of the molecule is Cc1cnc(NC(CN)C(C)C)c(Br)c1. The number of aromatic nitrogens is 1. The van der Waals surface area contributed by atoms with Crippen molar-refractivity contribution in [3.8, 4) is 0 Å². The molecular weight excluding hydrogens is 254 g/mol. The Labute approximate surface area is 99.6 Å². The molecule has 1 rings (SSSR count). The number of rotatable bonds is 4. The monoisotopic (exact) mass is 271 g/mol. The van der Waals surface area contributed by atoms with Gasteiger partial charge in [0, 0.05) is 18.8 Å². The van der Waals surface area contributed by atoms with Gasteiger partial charge >= 0.3 is 0 Å². The predicted molar refractivity (Wildman–Crippen MR) is 68.0 cm³/mol. The van der Waals surface area contributed by atoms with E-state index in [1.54, 1.807) is 0 Å². The van der Waals surface area contributed by atoms with E-state index >= 15 is 0 Å². The normalized spacial score (nSPS) is 12.9. The summed E-state index contributed by atoms with van der Waals surface area (Å²) in [6.07, 6.45) is 1.85. The molecule has 0 aliphatic carbocycles. The van der Waals surface area contributed by atoms with Crippen molar-refractivity contribution in [3.63, 3.8) is 0 Å². The second-order valence-corrected chi connectivity index (χ2v) is 4.93. The summed E-state index contributed by atoms with van der Waals surface area (Å²) in [4.78, 5) is 4.33. The lowest BCUT2D eigenvalue weighted by molar-refractivity contribution is 0.530. The number of nitrogens with one attached hydrogen (secondary N) is 1. The van der Waals surface area contributed by atoms with Gasteiger partial charge in [0.15, 0.2) is 0 Å². The Morgan fingerprint density at radius 3 is 2.67 bits per heavy atom. The minimum atomic E-state index is 0.261. The second kappa shape index (κ2) is 5.47. The van der Waals surface area contributed by atoms with Crippen LogP contribution >= 0.6 is 15.9 Å². The third kappa shape index (κ3) is 3.47. The van der Waals surface area contributed by atoms with Gasteiger partial charge in [-0.25, -0.2) is 4.98 Å². The fraction of sp³-hybridized carbons (Fsp3) is 0.545. The van der Waals surface area contributed by atoms with E-state index in [-0.39, 0.29) is 6.04 Å². The van der Waals surface area contributed by atoms with E-state index in [0.717, 1.165) is 15.9 Å². The lowest BCUT2D eigenvalue weighted by atomic mass is 10.1. The zero-order chi connectivity index (χ0) is 11.4. The second-order valence-electron chi connectivity index (χ2n) is 4.07. The Morgan fingerprint density at radius 1 is 1.53 bits per heavy atom. The largest absolute Gasteiger partial charge is 0.365 e. The van der Waals surface area contributed by atoms with Crippen molar-refractivity contribution < 1.29 is 0 Å². The van der Waals surface area contributed by atoms with Crippen LogP contribution in [0.4, 0.5) is 5.82 Å². The van der Waals surface area contributed by atoms with Crippen LogP contribution in [0.25, 0.3) is 0 Å². The molecule has 0 spiro atoms. The number of nitrogens with zero attached hydrogens (tertiary/aromatic N) is 1. The number of hydrogen-bond acceptors (Lipinski definition) is 3. The van der Waals surface area contributed by atoms with E-state index in [9.17, 15) is 0 Å². The molecule has 1 heterocycles. The van der Waals surface area contributed by atoms with Crippen molar-refractivity contribution in [1.82, 2.24) is 4.98 Å². The van der Waals surface area contributed by atoms with Gasteiger partial charge in [-0.1, -0.05) is 13.8 Å². The van der Waals surface area contributed by atoms with Gasteiger partial charge in [0.1, 0.15) is 5.82 Å². The molecule has 1 aromatic rings. The molecule has 3 N–H and O–H groups in total. The molecule has 0 bridgehead atoms. The van der Waals surface area contributed by atoms with Crippen molar-refractivity contribution in [2.75, 3.05) is 11.9 Å². The number of hydrogen-bond donors (Lipinski definition) is 2. The highest BCUT2D eigenvalue weighted by molar-refractivity contribution is 9.10. The van der Waals surface area contributed by atoms with Crippen molar-refractivity contribution in [2.24, 2.45) is 11.7 Å². The molecule has 0 aromatic carbocycles. The Hall–Kier alpha value is -0.610. The van der Waals surface area contributed by atoms with Crippen LogP contribution in [0.15, 0.2) is 16.7 Å². The van der Waals surface area contributed by atoms with Crippen molar-refractivity contribution in [3.05, 3.63) is 22.3 Å². The Bertz CT molecular complexity index is 326. The molecule has 4 heteroatoms. The average molecular weight is 272 g/mol. The molecule has 0 radical (unpaired) electrons. The molecule has 1 unspecified atom stereocenters. The van der Waals surface area contributed by atoms with Gasteiger partial charge in [-0.05, 0) is 40.4 Å². The van der Waals surface area contributed by atoms with Gasteiger partial charge in [-0.3, -0.25) is 0 Å². The number of anilines is 1. The summed E-state index contributed by atoms with van der Waals surface area (Å²) in [6.45, 7) is 6.92. The van der Waals surface area contributed by atoms with Gasteiger partial charge in [-0.15, -0.1) is 0 Å². The smallest absolute Gasteiger partial charge is 0.140 e. The molecule has 0 saturated heterocycles. The zero-order valence-electron chi connectivity index (χ0n) is 9.42. The van der Waals surface area contributed by atoms with Crippen molar-refractivity contribution >= 4 is 21.7 Å². The maximum atomic E-state index is 5.70. The molecule has 3 nitrogen and oxygen atoms in total. The number of halogens is 1. The minimum absolute atomic E-state index is 0.261. The topological polar surface area (TPSA) is 50.9 Å². The fourth-order valence-electron chi connectivity index (χ4n) is 1.31. The first-order chi connectivity index (χ1) is 7.04. The molecule has 0 amide bonds. The van der Waals surface area contributed by atoms with Crippen LogP contribution in [0.5, 0.6) is 0 Å². The highest BCUT2D eigenvalue weighted by atomic mass is 79.9. The highest BCUT2D eigenvalue weighted by Crippen LogP contribution is 2.22. The fourth-order valence-corrected chi connectivity index (χ4v) is 1.89. The van der Waals surface area contributed by atoms with Crippen LogP contribution in [-0.2, 0) is 0 Å². The molecule has 0 saturated carbocycles. The number of pyridine rings is 1. The van der Waals surface area contributed by atoms with Crippen LogP contribution in [0.2, 0.25) is 0 Å². The van der Waals surface area contributed by atoms with Crippen LogP contribution in [-0.4, -0.2) is 17.6 Å². The lowest BCUT2D eigenvalue weighted by Crippen LogP contribution is -2.34. The van der Waals surface area contributed by atoms with Crippen LogP contribution in [0, 0.1) is 12.8 Å². The van der Waals surface area contributed by atoms with Gasteiger partial charge in [0.05, 0.1) is 4.47 Å². The predicted octanol–water partition coefficient (Wildman–Crippen LogP) is 2.55. The summed E-state index contributed by atoms with van der Waals surface area (Å²) >= 11 is 3.49. The van der Waals surface area contributed by atoms with E-state index in [1.165, 1.54) is 0 Å². The van der Waals surface area contributed by atoms with Crippen molar-refractivity contribution in [2.45, 2.75) is 26.8 Å². The Kier molecular flexibility index (Phi) is 4.54. The molecule has 15 heavy (non-hydrogen) atoms. The third-order valence-electron chi connectivity index (χ3n) is 2.36. The molecule has 0 aliphatic rings. The van der Waals surface area contributed by atoms with Gasteiger partial charge < -0.3 is 11.1 Å². The van der Waals surface area contributed by atoms with Crippen LogP contribution in [0.3, 0.4) is 0 Å². The quantitative estimate of drug-likeness (QED) is 0.885. The minimum Gasteiger partial charge on any atom is -0.365 e. The lowest BCUT2D eigenvalue weighted by Gasteiger charge is -2.21. The van der Waals surface area contributed by atoms with Gasteiger partial charge in [0.25, 0.3) is 0 Å². The van der Waals surface area contributed by atoms with Gasteiger partial charge in [-0.2, -0.15) is 0 Å².